The molecule has 0 spiro atoms. The van der Waals surface area contributed by atoms with Crippen LogP contribution in [-0.4, -0.2) is 13.0 Å². The summed E-state index contributed by atoms with van der Waals surface area (Å²) in [4.78, 5) is -1.57. The van der Waals surface area contributed by atoms with Crippen LogP contribution < -0.4 is 0 Å². The van der Waals surface area contributed by atoms with Gasteiger partial charge >= 0.3 is 0 Å². The molecule has 17 heavy (non-hydrogen) atoms. The van der Waals surface area contributed by atoms with Gasteiger partial charge < -0.3 is 0 Å². The predicted molar refractivity (Wildman–Crippen MR) is 50.2 cm³/mol. The van der Waals surface area contributed by atoms with Crippen LogP contribution in [0.4, 0.5) is 17.6 Å². The van der Waals surface area contributed by atoms with Crippen molar-refractivity contribution in [2.75, 3.05) is 0 Å². The summed E-state index contributed by atoms with van der Waals surface area (Å²) in [5, 5.41) is 0. The highest BCUT2D eigenvalue weighted by Gasteiger charge is 2.32. The van der Waals surface area contributed by atoms with Crippen molar-refractivity contribution in [3.05, 3.63) is 28.8 Å². The van der Waals surface area contributed by atoms with Crippen molar-refractivity contribution >= 4 is 10.1 Å². The zero-order valence-electron chi connectivity index (χ0n) is 8.76. The summed E-state index contributed by atoms with van der Waals surface area (Å²) in [7, 11) is -5.19. The van der Waals surface area contributed by atoms with Crippen molar-refractivity contribution in [2.45, 2.75) is 24.7 Å². The molecule has 1 N–H and O–H groups in total. The maximum Gasteiger partial charge on any atom is 0.297 e. The third-order valence-corrected chi connectivity index (χ3v) is 3.01. The van der Waals surface area contributed by atoms with E-state index >= 15 is 0 Å². The summed E-state index contributed by atoms with van der Waals surface area (Å²) in [5.41, 5.74) is -0.927. The largest absolute Gasteiger partial charge is 0.297 e. The minimum Gasteiger partial charge on any atom is -0.282 e. The van der Waals surface area contributed by atoms with E-state index in [0.29, 0.717) is 0 Å². The van der Waals surface area contributed by atoms with Crippen molar-refractivity contribution in [1.82, 2.24) is 0 Å². The Morgan fingerprint density at radius 1 is 0.941 bits per heavy atom. The Bertz CT molecular complexity index is 566. The number of benzene rings is 1. The molecular weight excluding hydrogens is 264 g/mol. The van der Waals surface area contributed by atoms with Gasteiger partial charge in [0.05, 0.1) is 0 Å². The first kappa shape index (κ1) is 13.9. The lowest BCUT2D eigenvalue weighted by Gasteiger charge is -2.13. The first-order valence-electron chi connectivity index (χ1n) is 4.42. The molecule has 0 saturated carbocycles. The van der Waals surface area contributed by atoms with Crippen LogP contribution in [0, 0.1) is 23.3 Å². The van der Waals surface area contributed by atoms with E-state index in [1.165, 1.54) is 13.8 Å². The van der Waals surface area contributed by atoms with E-state index in [1.54, 1.807) is 0 Å². The molecule has 8 heteroatoms. The van der Waals surface area contributed by atoms with E-state index < -0.39 is 49.8 Å². The van der Waals surface area contributed by atoms with E-state index in [9.17, 15) is 26.0 Å². The third kappa shape index (κ3) is 2.27. The Balaban J connectivity index is 3.93. The van der Waals surface area contributed by atoms with Crippen LogP contribution in [0.25, 0.3) is 0 Å². The van der Waals surface area contributed by atoms with Crippen molar-refractivity contribution in [1.29, 1.82) is 0 Å². The monoisotopic (exact) mass is 272 g/mol. The first-order valence-corrected chi connectivity index (χ1v) is 5.86. The number of rotatable bonds is 2. The molecule has 0 radical (unpaired) electrons. The SMILES string of the molecule is CC(C)c1c(F)c(F)c(F)c(F)c1S(=O)(=O)O. The Morgan fingerprint density at radius 2 is 1.35 bits per heavy atom. The summed E-state index contributed by atoms with van der Waals surface area (Å²) >= 11 is 0. The highest BCUT2D eigenvalue weighted by Crippen LogP contribution is 2.32. The van der Waals surface area contributed by atoms with Gasteiger partial charge in [-0.25, -0.2) is 17.6 Å². The van der Waals surface area contributed by atoms with Crippen LogP contribution >= 0.6 is 0 Å². The van der Waals surface area contributed by atoms with Gasteiger partial charge in [0, 0.05) is 5.56 Å². The average molecular weight is 272 g/mol. The van der Waals surface area contributed by atoms with E-state index in [1.807, 2.05) is 0 Å². The molecule has 0 aliphatic carbocycles. The second kappa shape index (κ2) is 4.26. The van der Waals surface area contributed by atoms with E-state index in [-0.39, 0.29) is 0 Å². The van der Waals surface area contributed by atoms with Crippen LogP contribution in [0.15, 0.2) is 4.90 Å². The lowest BCUT2D eigenvalue weighted by atomic mass is 10.0. The molecule has 0 unspecified atom stereocenters. The maximum atomic E-state index is 13.3. The molecule has 1 rings (SSSR count). The molecule has 0 heterocycles. The quantitative estimate of drug-likeness (QED) is 0.389. The molecule has 0 aliphatic rings. The van der Waals surface area contributed by atoms with E-state index in [4.69, 9.17) is 4.55 Å². The zero-order chi connectivity index (χ0) is 13.5. The minimum atomic E-state index is -5.19. The Hall–Kier alpha value is -1.15. The van der Waals surface area contributed by atoms with Crippen LogP contribution in [0.1, 0.15) is 25.3 Å². The van der Waals surface area contributed by atoms with Gasteiger partial charge in [0.2, 0.25) is 0 Å². The Morgan fingerprint density at radius 3 is 1.71 bits per heavy atom. The molecule has 0 fully saturated rings. The van der Waals surface area contributed by atoms with Gasteiger partial charge in [0.15, 0.2) is 23.3 Å². The maximum absolute atomic E-state index is 13.3. The normalized spacial score (nSPS) is 12.2. The van der Waals surface area contributed by atoms with Crippen molar-refractivity contribution in [3.8, 4) is 0 Å². The van der Waals surface area contributed by atoms with Crippen LogP contribution in [0.3, 0.4) is 0 Å². The standard InChI is InChI=1S/C9H8F4O3S/c1-3(2)4-5(10)6(11)7(12)8(13)9(4)17(14,15)16/h3H,1-2H3,(H,14,15,16). The molecule has 0 aromatic heterocycles. The number of hydrogen-bond acceptors (Lipinski definition) is 2. The topological polar surface area (TPSA) is 54.4 Å². The average Bonchev–Trinajstić information content (AvgIpc) is 2.17. The van der Waals surface area contributed by atoms with Crippen molar-refractivity contribution in [2.24, 2.45) is 0 Å². The molecule has 0 saturated heterocycles. The van der Waals surface area contributed by atoms with E-state index in [0.717, 1.165) is 0 Å². The van der Waals surface area contributed by atoms with Gasteiger partial charge in [-0.3, -0.25) is 4.55 Å². The smallest absolute Gasteiger partial charge is 0.282 e. The number of hydrogen-bond donors (Lipinski definition) is 1. The highest BCUT2D eigenvalue weighted by molar-refractivity contribution is 7.85. The molecule has 3 nitrogen and oxygen atoms in total. The molecule has 0 bridgehead atoms. The molecule has 1 aromatic carbocycles. The van der Waals surface area contributed by atoms with Gasteiger partial charge in [-0.15, -0.1) is 0 Å². The highest BCUT2D eigenvalue weighted by atomic mass is 32.2. The molecular formula is C9H8F4O3S. The fourth-order valence-corrected chi connectivity index (χ4v) is 2.32. The van der Waals surface area contributed by atoms with Gasteiger partial charge in [-0.1, -0.05) is 13.8 Å². The van der Waals surface area contributed by atoms with Gasteiger partial charge in [-0.05, 0) is 5.92 Å². The summed E-state index contributed by atoms with van der Waals surface area (Å²) in [6.45, 7) is 2.48. The second-order valence-corrected chi connectivity index (χ2v) is 4.99. The van der Waals surface area contributed by atoms with E-state index in [2.05, 4.69) is 0 Å². The molecule has 0 aliphatic heterocycles. The fourth-order valence-electron chi connectivity index (χ4n) is 1.40. The van der Waals surface area contributed by atoms with Crippen LogP contribution in [0.2, 0.25) is 0 Å². The van der Waals surface area contributed by atoms with Gasteiger partial charge in [-0.2, -0.15) is 8.42 Å². The zero-order valence-corrected chi connectivity index (χ0v) is 9.58. The second-order valence-electron chi connectivity index (χ2n) is 3.63. The van der Waals surface area contributed by atoms with Gasteiger partial charge in [0.25, 0.3) is 10.1 Å². The van der Waals surface area contributed by atoms with Gasteiger partial charge in [0.1, 0.15) is 4.90 Å². The molecule has 96 valence electrons. The van der Waals surface area contributed by atoms with Crippen molar-refractivity contribution < 1.29 is 30.5 Å². The first-order chi connectivity index (χ1) is 7.59. The predicted octanol–water partition coefficient (Wildman–Crippen LogP) is 2.61. The summed E-state index contributed by atoms with van der Waals surface area (Å²) in [6.07, 6.45) is 0. The summed E-state index contributed by atoms with van der Waals surface area (Å²) in [6, 6.07) is 0. The lowest BCUT2D eigenvalue weighted by Crippen LogP contribution is -2.14. The lowest BCUT2D eigenvalue weighted by molar-refractivity contribution is 0.381. The van der Waals surface area contributed by atoms with Crippen LogP contribution in [0.5, 0.6) is 0 Å². The molecule has 0 atom stereocenters. The Labute approximate surface area is 94.8 Å². The third-order valence-electron chi connectivity index (χ3n) is 2.09. The Kier molecular flexibility index (Phi) is 3.49. The minimum absolute atomic E-state index is 0.927. The van der Waals surface area contributed by atoms with Crippen molar-refractivity contribution in [3.63, 3.8) is 0 Å². The number of halogens is 4. The molecule has 0 amide bonds. The summed E-state index contributed by atoms with van der Waals surface area (Å²) < 4.78 is 82.8. The fraction of sp³-hybridized carbons (Fsp3) is 0.333. The van der Waals surface area contributed by atoms with Crippen LogP contribution in [-0.2, 0) is 10.1 Å². The summed E-state index contributed by atoms with van der Waals surface area (Å²) in [5.74, 6) is -9.31. The molecule has 1 aromatic rings.